The molecule has 0 fully saturated rings. The van der Waals surface area contributed by atoms with Crippen LogP contribution in [0.4, 0.5) is 0 Å². The number of esters is 1. The SMILES string of the molecule is C=CC1=C(C)c2cc3[nH]c(c4c5[nH]c(cc6nc(cc1n2)C(C)=C6CC)c(C)c5C(=O)N(CCCCCC)C4=O)[C@@H](CCC(=O)OC)[C@@H]3C. The van der Waals surface area contributed by atoms with E-state index >= 15 is 0 Å². The molecule has 9 heteroatoms. The lowest BCUT2D eigenvalue weighted by molar-refractivity contribution is -0.140. The van der Waals surface area contributed by atoms with Crippen molar-refractivity contribution in [3.8, 4) is 0 Å². The van der Waals surface area contributed by atoms with Gasteiger partial charge in [-0.25, -0.2) is 9.97 Å². The number of H-pyrrole nitrogens is 2. The average Bonchev–Trinajstić information content (AvgIpc) is 3.76. The number of ether oxygens (including phenoxy) is 1. The third kappa shape index (κ3) is 5.83. The maximum atomic E-state index is 14.6. The van der Waals surface area contributed by atoms with Crippen molar-refractivity contribution in [2.45, 2.75) is 98.3 Å². The Labute approximate surface area is 288 Å². The third-order valence-electron chi connectivity index (χ3n) is 10.7. The number of hydrogen-bond donors (Lipinski definition) is 2. The molecular formula is C40H47N5O4. The van der Waals surface area contributed by atoms with Crippen LogP contribution in [0.5, 0.6) is 0 Å². The zero-order valence-corrected chi connectivity index (χ0v) is 29.8. The van der Waals surface area contributed by atoms with E-state index in [9.17, 15) is 14.4 Å². The van der Waals surface area contributed by atoms with E-state index in [1.54, 1.807) is 0 Å². The number of fused-ring (bicyclic) bond motifs is 8. The van der Waals surface area contributed by atoms with Crippen molar-refractivity contribution in [3.63, 3.8) is 0 Å². The minimum absolute atomic E-state index is 0.0826. The van der Waals surface area contributed by atoms with Crippen LogP contribution in [0.2, 0.25) is 0 Å². The molecule has 2 aromatic heterocycles. The van der Waals surface area contributed by atoms with E-state index in [4.69, 9.17) is 14.7 Å². The molecule has 2 atom stereocenters. The van der Waals surface area contributed by atoms with Crippen LogP contribution >= 0.6 is 0 Å². The van der Waals surface area contributed by atoms with Crippen LogP contribution in [0.25, 0.3) is 33.3 Å². The fourth-order valence-corrected chi connectivity index (χ4v) is 7.70. The largest absolute Gasteiger partial charge is 0.469 e. The maximum Gasteiger partial charge on any atom is 0.305 e. The number of aromatic amines is 2. The summed E-state index contributed by atoms with van der Waals surface area (Å²) in [6.07, 6.45) is 7.03. The van der Waals surface area contributed by atoms with Gasteiger partial charge in [0.15, 0.2) is 0 Å². The number of carbonyl (C=O) groups excluding carboxylic acids is 3. The van der Waals surface area contributed by atoms with Crippen LogP contribution in [0.15, 0.2) is 30.9 Å². The van der Waals surface area contributed by atoms with Crippen LogP contribution in [0, 0.1) is 6.92 Å². The standard InChI is InChI=1S/C40H47N5O4/c1-9-12-13-14-17-45-39(47)35-24(7)31-20-33-26(11-3)22(5)29(42-33)19-32-25(10-2)21(4)28(41-32)18-30-23(6)27(15-16-34(46)49-8)37(43-30)36(40(45)48)38(35)44-31/h10,18-20,23,27,43-44H,2,9,11-17H2,1,3-8H3/t23-,27-/m0/s1. The Balaban J connectivity index is 1.73. The number of imide groups is 1. The topological polar surface area (TPSA) is 121 Å². The number of aromatic nitrogens is 4. The first-order chi connectivity index (χ1) is 23.5. The molecule has 0 aliphatic carbocycles. The van der Waals surface area contributed by atoms with Crippen molar-refractivity contribution in [1.82, 2.24) is 24.8 Å². The molecule has 256 valence electrons. The van der Waals surface area contributed by atoms with Gasteiger partial charge in [0.05, 0.1) is 46.5 Å². The smallest absolute Gasteiger partial charge is 0.305 e. The minimum atomic E-state index is -0.325. The lowest BCUT2D eigenvalue weighted by Crippen LogP contribution is -2.41. The van der Waals surface area contributed by atoms with Crippen LogP contribution in [-0.2, 0) is 9.53 Å². The van der Waals surface area contributed by atoms with Gasteiger partial charge in [-0.3, -0.25) is 19.3 Å². The van der Waals surface area contributed by atoms with Crippen molar-refractivity contribution < 1.29 is 19.1 Å². The summed E-state index contributed by atoms with van der Waals surface area (Å²) in [4.78, 5) is 60.0. The zero-order valence-electron chi connectivity index (χ0n) is 29.8. The second kappa shape index (κ2) is 13.6. The number of hydrogen-bond acceptors (Lipinski definition) is 6. The molecule has 0 saturated heterocycles. The van der Waals surface area contributed by atoms with Gasteiger partial charge in [0.1, 0.15) is 0 Å². The Hall–Kier alpha value is -4.79. The summed E-state index contributed by atoms with van der Waals surface area (Å²) < 4.78 is 5.02. The number of amides is 2. The van der Waals surface area contributed by atoms with E-state index in [2.05, 4.69) is 44.2 Å². The van der Waals surface area contributed by atoms with Crippen molar-refractivity contribution in [1.29, 1.82) is 0 Å². The van der Waals surface area contributed by atoms with Crippen LogP contribution in [0.1, 0.15) is 152 Å². The summed E-state index contributed by atoms with van der Waals surface area (Å²) in [5.74, 6) is -1.21. The van der Waals surface area contributed by atoms with Gasteiger partial charge in [-0.15, -0.1) is 0 Å². The van der Waals surface area contributed by atoms with Gasteiger partial charge in [-0.05, 0) is 80.5 Å². The first kappa shape index (κ1) is 34.1. The molecule has 0 spiro atoms. The number of nitrogens with zero attached hydrogens (tertiary/aromatic N) is 3. The lowest BCUT2D eigenvalue weighted by atomic mass is 9.84. The molecule has 0 unspecified atom stereocenters. The number of methoxy groups -OCH3 is 1. The predicted molar refractivity (Wildman–Crippen MR) is 194 cm³/mol. The molecule has 8 bridgehead atoms. The normalized spacial score (nSPS) is 18.0. The van der Waals surface area contributed by atoms with Crippen molar-refractivity contribution in [2.24, 2.45) is 0 Å². The molecule has 9 nitrogen and oxygen atoms in total. The van der Waals surface area contributed by atoms with Crippen LogP contribution < -0.4 is 0 Å². The quantitative estimate of drug-likeness (QED) is 0.149. The lowest BCUT2D eigenvalue weighted by Gasteiger charge is -2.27. The Morgan fingerprint density at radius 2 is 1.65 bits per heavy atom. The molecule has 2 N–H and O–H groups in total. The first-order valence-corrected chi connectivity index (χ1v) is 17.6. The Morgan fingerprint density at radius 1 is 0.939 bits per heavy atom. The molecule has 6 rings (SSSR count). The third-order valence-corrected chi connectivity index (χ3v) is 10.7. The summed E-state index contributed by atoms with van der Waals surface area (Å²) in [7, 11) is 1.39. The van der Waals surface area contributed by atoms with Gasteiger partial charge < -0.3 is 14.7 Å². The monoisotopic (exact) mass is 661 g/mol. The molecule has 49 heavy (non-hydrogen) atoms. The molecular weight excluding hydrogens is 614 g/mol. The van der Waals surface area contributed by atoms with Gasteiger partial charge in [0, 0.05) is 47.3 Å². The van der Waals surface area contributed by atoms with Gasteiger partial charge >= 0.3 is 5.97 Å². The number of nitrogens with one attached hydrogen (secondary N) is 2. The molecule has 2 amide bonds. The van der Waals surface area contributed by atoms with Crippen LogP contribution in [-0.4, -0.2) is 56.3 Å². The Bertz CT molecular complexity index is 2020. The second-order valence-electron chi connectivity index (χ2n) is 13.5. The van der Waals surface area contributed by atoms with Gasteiger partial charge in [-0.1, -0.05) is 52.7 Å². The molecule has 0 radical (unpaired) electrons. The van der Waals surface area contributed by atoms with Crippen LogP contribution in [0.3, 0.4) is 0 Å². The van der Waals surface area contributed by atoms with E-state index in [0.717, 1.165) is 93.9 Å². The number of carbonyl (C=O) groups is 3. The highest BCUT2D eigenvalue weighted by molar-refractivity contribution is 6.23. The summed E-state index contributed by atoms with van der Waals surface area (Å²) >= 11 is 0. The number of aryl methyl sites for hydroxylation is 1. The maximum absolute atomic E-state index is 14.6. The zero-order chi connectivity index (χ0) is 35.1. The van der Waals surface area contributed by atoms with Gasteiger partial charge in [-0.2, -0.15) is 0 Å². The van der Waals surface area contributed by atoms with E-state index in [-0.39, 0.29) is 36.0 Å². The van der Waals surface area contributed by atoms with Crippen molar-refractivity contribution >= 4 is 51.1 Å². The second-order valence-corrected chi connectivity index (χ2v) is 13.5. The van der Waals surface area contributed by atoms with Crippen molar-refractivity contribution in [2.75, 3.05) is 13.7 Å². The van der Waals surface area contributed by atoms with E-state index in [1.807, 2.05) is 38.1 Å². The summed E-state index contributed by atoms with van der Waals surface area (Å²) in [6.45, 7) is 16.9. The fourth-order valence-electron chi connectivity index (χ4n) is 7.70. The van der Waals surface area contributed by atoms with Gasteiger partial charge in [0.2, 0.25) is 0 Å². The molecule has 6 heterocycles. The number of unbranched alkanes of at least 4 members (excludes halogenated alkanes) is 3. The van der Waals surface area contributed by atoms with Crippen molar-refractivity contribution in [3.05, 3.63) is 81.7 Å². The molecule has 4 aliphatic rings. The molecule has 0 saturated carbocycles. The Morgan fingerprint density at radius 3 is 2.35 bits per heavy atom. The highest BCUT2D eigenvalue weighted by atomic mass is 16.5. The first-order valence-electron chi connectivity index (χ1n) is 17.6. The highest BCUT2D eigenvalue weighted by Crippen LogP contribution is 2.44. The van der Waals surface area contributed by atoms with E-state index in [1.165, 1.54) is 12.0 Å². The molecule has 0 aromatic carbocycles. The number of allylic oxidation sites excluding steroid dienone is 5. The minimum Gasteiger partial charge on any atom is -0.469 e. The highest BCUT2D eigenvalue weighted by Gasteiger charge is 2.40. The summed E-state index contributed by atoms with van der Waals surface area (Å²) in [6, 6.07) is 6.08. The number of rotatable bonds is 10. The Kier molecular flexibility index (Phi) is 9.47. The summed E-state index contributed by atoms with van der Waals surface area (Å²) in [5, 5.41) is 0. The molecule has 2 aromatic rings. The fraction of sp³-hybridized carbons (Fsp3) is 0.425. The predicted octanol–water partition coefficient (Wildman–Crippen LogP) is 8.82. The average molecular weight is 662 g/mol. The van der Waals surface area contributed by atoms with Gasteiger partial charge in [0.25, 0.3) is 11.8 Å². The summed E-state index contributed by atoms with van der Waals surface area (Å²) in [5.41, 5.74) is 12.0. The molecule has 4 aliphatic heterocycles. The van der Waals surface area contributed by atoms with E-state index in [0.29, 0.717) is 35.3 Å². The van der Waals surface area contributed by atoms with E-state index < -0.39 is 0 Å².